The highest BCUT2D eigenvalue weighted by atomic mass is 16.3. The van der Waals surface area contributed by atoms with Gasteiger partial charge in [-0.3, -0.25) is 14.2 Å². The van der Waals surface area contributed by atoms with Crippen molar-refractivity contribution in [3.8, 4) is 0 Å². The fourth-order valence-corrected chi connectivity index (χ4v) is 11.6. The lowest BCUT2D eigenvalue weighted by Gasteiger charge is -2.71. The number of allylic oxidation sites excluding steroid dienone is 3. The quantitative estimate of drug-likeness (QED) is 0.414. The first-order valence-electron chi connectivity index (χ1n) is 14.9. The molecule has 4 fully saturated rings. The molecule has 6 rings (SSSR count). The maximum absolute atomic E-state index is 14.2. The molecule has 0 unspecified atom stereocenters. The summed E-state index contributed by atoms with van der Waals surface area (Å²) < 4.78 is 1.74. The Kier molecular flexibility index (Phi) is 5.45. The summed E-state index contributed by atoms with van der Waals surface area (Å²) in [5, 5.41) is 10.8. The zero-order chi connectivity index (χ0) is 27.5. The number of imidazole rings is 1. The Labute approximate surface area is 228 Å². The number of fused-ring (bicyclic) bond motifs is 7. The van der Waals surface area contributed by atoms with Gasteiger partial charge in [-0.2, -0.15) is 0 Å². The first-order chi connectivity index (χ1) is 17.7. The summed E-state index contributed by atoms with van der Waals surface area (Å²) in [7, 11) is 0. The SMILES string of the molecule is C=C(C)[C@@H]1CC[C@]2(C(=O)n3ccnc3)CC[C@]3(C)[C@H](CC[C@@H]4[C@@]5(C)C=C(O)C(=O)C(C)(C)[C@@H]5CC[C@]43C)[C@@H]12. The van der Waals surface area contributed by atoms with E-state index in [0.29, 0.717) is 23.7 Å². The molecule has 9 atom stereocenters. The molecule has 0 aliphatic heterocycles. The molecule has 5 aliphatic rings. The Hall–Kier alpha value is -2.17. The lowest BCUT2D eigenvalue weighted by Crippen LogP contribution is -2.66. The van der Waals surface area contributed by atoms with Crippen LogP contribution in [0.25, 0.3) is 0 Å². The second-order valence-electron chi connectivity index (χ2n) is 15.1. The monoisotopic (exact) mass is 518 g/mol. The highest BCUT2D eigenvalue weighted by Crippen LogP contribution is 2.77. The standard InChI is InChI=1S/C33H46N2O3/c1-20(2)21-10-13-33(28(38)35-17-16-34-19-35)15-14-31(6)22(26(21)33)8-9-25-30(5)18-23(36)27(37)29(3,4)24(30)11-12-32(25,31)7/h16-19,21-22,24-26,36H,1,8-15H2,2-7H3/t21-,22+,24-,25+,26+,30-,31+,32+,33-/m0/s1. The molecule has 0 radical (unpaired) electrons. The van der Waals surface area contributed by atoms with Crippen molar-refractivity contribution in [2.24, 2.45) is 56.7 Å². The van der Waals surface area contributed by atoms with E-state index < -0.39 is 5.41 Å². The minimum absolute atomic E-state index is 0.0306. The maximum atomic E-state index is 14.2. The van der Waals surface area contributed by atoms with Gasteiger partial charge in [0.05, 0.1) is 5.41 Å². The first-order valence-corrected chi connectivity index (χ1v) is 14.9. The van der Waals surface area contributed by atoms with Crippen molar-refractivity contribution in [3.05, 3.63) is 42.7 Å². The molecule has 1 N–H and O–H groups in total. The van der Waals surface area contributed by atoms with Gasteiger partial charge in [0.15, 0.2) is 5.76 Å². The largest absolute Gasteiger partial charge is 0.505 e. The van der Waals surface area contributed by atoms with E-state index in [9.17, 15) is 14.7 Å². The highest BCUT2D eigenvalue weighted by molar-refractivity contribution is 5.98. The topological polar surface area (TPSA) is 72.2 Å². The third-order valence-corrected chi connectivity index (χ3v) is 13.5. The Morgan fingerprint density at radius 2 is 1.74 bits per heavy atom. The Morgan fingerprint density at radius 3 is 2.39 bits per heavy atom. The molecule has 0 saturated heterocycles. The van der Waals surface area contributed by atoms with Crippen LogP contribution in [0.5, 0.6) is 0 Å². The maximum Gasteiger partial charge on any atom is 0.238 e. The van der Waals surface area contributed by atoms with Gasteiger partial charge in [0, 0.05) is 17.8 Å². The van der Waals surface area contributed by atoms with E-state index in [0.717, 1.165) is 51.4 Å². The molecular formula is C33H46N2O3. The summed E-state index contributed by atoms with van der Waals surface area (Å²) >= 11 is 0. The number of rotatable bonds is 2. The Balaban J connectivity index is 1.44. The number of nitrogens with zero attached hydrogens (tertiary/aromatic N) is 2. The number of Topliss-reactive ketones (excluding diaryl/α,β-unsaturated/α-hetero) is 1. The van der Waals surface area contributed by atoms with Gasteiger partial charge in [-0.1, -0.05) is 46.8 Å². The van der Waals surface area contributed by atoms with Crippen LogP contribution in [0.1, 0.15) is 97.7 Å². The zero-order valence-corrected chi connectivity index (χ0v) is 24.2. The number of aliphatic hydroxyl groups excluding tert-OH is 1. The number of hydrogen-bond acceptors (Lipinski definition) is 4. The number of aliphatic hydroxyl groups is 1. The van der Waals surface area contributed by atoms with Crippen molar-refractivity contribution >= 4 is 11.7 Å². The molecule has 4 saturated carbocycles. The van der Waals surface area contributed by atoms with Gasteiger partial charge in [-0.15, -0.1) is 0 Å². The third kappa shape index (κ3) is 2.97. The van der Waals surface area contributed by atoms with E-state index in [1.807, 2.05) is 26.1 Å². The van der Waals surface area contributed by atoms with Gasteiger partial charge in [0.1, 0.15) is 6.33 Å². The van der Waals surface area contributed by atoms with Gasteiger partial charge in [0.2, 0.25) is 11.7 Å². The van der Waals surface area contributed by atoms with E-state index in [-0.39, 0.29) is 45.0 Å². The van der Waals surface area contributed by atoms with Crippen LogP contribution in [-0.2, 0) is 4.79 Å². The lowest BCUT2D eigenvalue weighted by molar-refractivity contribution is -0.215. The molecule has 5 heteroatoms. The molecule has 1 heterocycles. The molecule has 0 spiro atoms. The van der Waals surface area contributed by atoms with Crippen molar-refractivity contribution in [3.63, 3.8) is 0 Å². The van der Waals surface area contributed by atoms with Crippen molar-refractivity contribution in [2.45, 2.75) is 92.9 Å². The molecule has 0 amide bonds. The van der Waals surface area contributed by atoms with Crippen molar-refractivity contribution < 1.29 is 14.7 Å². The summed E-state index contributed by atoms with van der Waals surface area (Å²) in [6.07, 6.45) is 15.4. The predicted octanol–water partition coefficient (Wildman–Crippen LogP) is 7.41. The fourth-order valence-electron chi connectivity index (χ4n) is 11.6. The van der Waals surface area contributed by atoms with Crippen LogP contribution < -0.4 is 0 Å². The smallest absolute Gasteiger partial charge is 0.238 e. The number of aromatic nitrogens is 2. The van der Waals surface area contributed by atoms with E-state index in [1.54, 1.807) is 17.1 Å². The zero-order valence-electron chi connectivity index (χ0n) is 24.2. The van der Waals surface area contributed by atoms with Crippen LogP contribution in [0, 0.1) is 56.7 Å². The van der Waals surface area contributed by atoms with Gasteiger partial charge in [0.25, 0.3) is 0 Å². The van der Waals surface area contributed by atoms with Gasteiger partial charge in [-0.05, 0) is 110 Å². The summed E-state index contributed by atoms with van der Waals surface area (Å²) in [6.45, 7) is 18.1. The van der Waals surface area contributed by atoms with Gasteiger partial charge in [-0.25, -0.2) is 4.98 Å². The van der Waals surface area contributed by atoms with Crippen LogP contribution >= 0.6 is 0 Å². The Bertz CT molecular complexity index is 1230. The normalized spacial score (nSPS) is 47.3. The Morgan fingerprint density at radius 1 is 1.00 bits per heavy atom. The summed E-state index contributed by atoms with van der Waals surface area (Å²) in [5.74, 6) is 1.85. The average Bonchev–Trinajstić information content (AvgIpc) is 3.52. The van der Waals surface area contributed by atoms with Crippen LogP contribution in [0.2, 0.25) is 0 Å². The second kappa shape index (κ2) is 7.95. The van der Waals surface area contributed by atoms with Crippen molar-refractivity contribution in [1.29, 1.82) is 0 Å². The van der Waals surface area contributed by atoms with Crippen LogP contribution in [-0.4, -0.2) is 26.3 Å². The highest BCUT2D eigenvalue weighted by Gasteiger charge is 2.72. The summed E-state index contributed by atoms with van der Waals surface area (Å²) in [4.78, 5) is 31.4. The van der Waals surface area contributed by atoms with E-state index >= 15 is 0 Å². The molecule has 0 bridgehead atoms. The van der Waals surface area contributed by atoms with Gasteiger partial charge < -0.3 is 5.11 Å². The predicted molar refractivity (Wildman–Crippen MR) is 148 cm³/mol. The molecule has 38 heavy (non-hydrogen) atoms. The first kappa shape index (κ1) is 26.1. The van der Waals surface area contributed by atoms with E-state index in [2.05, 4.69) is 39.3 Å². The van der Waals surface area contributed by atoms with E-state index in [4.69, 9.17) is 0 Å². The number of carbonyl (C=O) groups excluding carboxylic acids is 2. The number of carbonyl (C=O) groups is 2. The molecule has 5 aliphatic carbocycles. The van der Waals surface area contributed by atoms with Crippen molar-refractivity contribution in [2.75, 3.05) is 0 Å². The number of ketones is 1. The minimum atomic E-state index is -0.553. The summed E-state index contributed by atoms with van der Waals surface area (Å²) in [6, 6.07) is 0. The number of hydrogen-bond donors (Lipinski definition) is 1. The molecule has 1 aromatic heterocycles. The fraction of sp³-hybridized carbons (Fsp3) is 0.727. The van der Waals surface area contributed by atoms with Crippen LogP contribution in [0.3, 0.4) is 0 Å². The van der Waals surface area contributed by atoms with Crippen LogP contribution in [0.4, 0.5) is 0 Å². The molecular weight excluding hydrogens is 472 g/mol. The molecule has 206 valence electrons. The molecule has 1 aromatic rings. The molecule has 5 nitrogen and oxygen atoms in total. The van der Waals surface area contributed by atoms with Crippen molar-refractivity contribution in [1.82, 2.24) is 9.55 Å². The van der Waals surface area contributed by atoms with Gasteiger partial charge >= 0.3 is 0 Å². The lowest BCUT2D eigenvalue weighted by atomic mass is 9.33. The third-order valence-electron chi connectivity index (χ3n) is 13.5. The second-order valence-corrected chi connectivity index (χ2v) is 15.1. The average molecular weight is 519 g/mol. The minimum Gasteiger partial charge on any atom is -0.505 e. The summed E-state index contributed by atoms with van der Waals surface area (Å²) in [5.41, 5.74) is 0.259. The van der Waals surface area contributed by atoms with E-state index in [1.165, 1.54) is 5.57 Å². The molecule has 0 aromatic carbocycles. The van der Waals surface area contributed by atoms with Crippen LogP contribution in [0.15, 0.2) is 42.7 Å².